The molecule has 29 heavy (non-hydrogen) atoms. The SMILES string of the molecule is C=CCC(C)CC(Cc1ccc(OC)cc1)Cc1ccc(OC)cc1.N[SH](=O)=O. The molecule has 6 heteroatoms. The van der Waals surface area contributed by atoms with Gasteiger partial charge >= 0.3 is 0 Å². The van der Waals surface area contributed by atoms with Gasteiger partial charge in [-0.2, -0.15) is 0 Å². The first-order valence-electron chi connectivity index (χ1n) is 9.63. The molecule has 2 aromatic rings. The summed E-state index contributed by atoms with van der Waals surface area (Å²) in [5.74, 6) is 3.08. The number of allylic oxidation sites excluding steroid dienone is 1. The van der Waals surface area contributed by atoms with Gasteiger partial charge in [0.25, 0.3) is 0 Å². The smallest absolute Gasteiger partial charge is 0.198 e. The molecule has 0 aromatic heterocycles. The topological polar surface area (TPSA) is 78.6 Å². The number of benzene rings is 2. The van der Waals surface area contributed by atoms with Crippen LogP contribution >= 0.6 is 0 Å². The van der Waals surface area contributed by atoms with Crippen molar-refractivity contribution < 1.29 is 17.9 Å². The van der Waals surface area contributed by atoms with Crippen molar-refractivity contribution >= 4 is 10.9 Å². The van der Waals surface area contributed by atoms with Gasteiger partial charge in [0.05, 0.1) is 14.2 Å². The van der Waals surface area contributed by atoms with Crippen LogP contribution in [0.1, 0.15) is 30.9 Å². The summed E-state index contributed by atoms with van der Waals surface area (Å²) < 4.78 is 28.2. The zero-order chi connectivity index (χ0) is 21.6. The monoisotopic (exact) mass is 419 g/mol. The van der Waals surface area contributed by atoms with E-state index in [-0.39, 0.29) is 0 Å². The Bertz CT molecular complexity index is 728. The fraction of sp³-hybridized carbons (Fsp3) is 0.391. The summed E-state index contributed by atoms with van der Waals surface area (Å²) in [4.78, 5) is 0. The highest BCUT2D eigenvalue weighted by molar-refractivity contribution is 7.69. The minimum absolute atomic E-state index is 0.608. The van der Waals surface area contributed by atoms with Gasteiger partial charge in [0.2, 0.25) is 0 Å². The van der Waals surface area contributed by atoms with Crippen LogP contribution in [0.4, 0.5) is 0 Å². The van der Waals surface area contributed by atoms with Crippen molar-refractivity contribution in [2.45, 2.75) is 32.6 Å². The van der Waals surface area contributed by atoms with Crippen molar-refractivity contribution in [1.29, 1.82) is 0 Å². The van der Waals surface area contributed by atoms with Crippen molar-refractivity contribution in [2.75, 3.05) is 14.2 Å². The molecule has 5 nitrogen and oxygen atoms in total. The Balaban J connectivity index is 0.000000960. The van der Waals surface area contributed by atoms with Gasteiger partial charge in [-0.25, -0.2) is 13.6 Å². The molecule has 1 unspecified atom stereocenters. The van der Waals surface area contributed by atoms with Crippen LogP contribution in [0.3, 0.4) is 0 Å². The summed E-state index contributed by atoms with van der Waals surface area (Å²) in [5.41, 5.74) is 2.73. The predicted molar refractivity (Wildman–Crippen MR) is 120 cm³/mol. The summed E-state index contributed by atoms with van der Waals surface area (Å²) in [6, 6.07) is 16.9. The molecule has 0 bridgehead atoms. The van der Waals surface area contributed by atoms with Crippen molar-refractivity contribution in [3.8, 4) is 11.5 Å². The average molecular weight is 420 g/mol. The number of thiol groups is 1. The first-order chi connectivity index (χ1) is 13.9. The van der Waals surface area contributed by atoms with E-state index in [2.05, 4.69) is 42.9 Å². The van der Waals surface area contributed by atoms with Crippen LogP contribution in [0.25, 0.3) is 0 Å². The Hall–Kier alpha value is -2.31. The van der Waals surface area contributed by atoms with E-state index in [1.807, 2.05) is 30.3 Å². The molecule has 1 atom stereocenters. The van der Waals surface area contributed by atoms with E-state index in [4.69, 9.17) is 17.9 Å². The average Bonchev–Trinajstić information content (AvgIpc) is 2.69. The lowest BCUT2D eigenvalue weighted by Crippen LogP contribution is -2.12. The summed E-state index contributed by atoms with van der Waals surface area (Å²) in [7, 11) is 0.793. The van der Waals surface area contributed by atoms with Crippen LogP contribution in [-0.4, -0.2) is 22.6 Å². The van der Waals surface area contributed by atoms with Gasteiger partial charge in [-0.05, 0) is 72.9 Å². The lowest BCUT2D eigenvalue weighted by molar-refractivity contribution is 0.386. The number of nitrogens with two attached hydrogens (primary N) is 1. The van der Waals surface area contributed by atoms with E-state index >= 15 is 0 Å². The Kier molecular flexibility index (Phi) is 11.8. The number of hydrogen-bond donors (Lipinski definition) is 2. The minimum atomic E-state index is -2.62. The lowest BCUT2D eigenvalue weighted by atomic mass is 9.84. The molecule has 0 aliphatic heterocycles. The highest BCUT2D eigenvalue weighted by atomic mass is 32.2. The first kappa shape index (κ1) is 24.7. The van der Waals surface area contributed by atoms with Crippen molar-refractivity contribution in [1.82, 2.24) is 0 Å². The molecule has 2 N–H and O–H groups in total. The fourth-order valence-electron chi connectivity index (χ4n) is 3.38. The van der Waals surface area contributed by atoms with E-state index in [9.17, 15) is 0 Å². The van der Waals surface area contributed by atoms with Crippen LogP contribution in [0.5, 0.6) is 11.5 Å². The van der Waals surface area contributed by atoms with E-state index in [0.717, 1.165) is 30.8 Å². The largest absolute Gasteiger partial charge is 0.497 e. The molecule has 0 saturated heterocycles. The molecule has 0 fully saturated rings. The summed E-state index contributed by atoms with van der Waals surface area (Å²) in [6.45, 7) is 6.20. The van der Waals surface area contributed by atoms with Crippen molar-refractivity contribution in [3.05, 3.63) is 72.3 Å². The van der Waals surface area contributed by atoms with Crippen LogP contribution in [-0.2, 0) is 23.7 Å². The highest BCUT2D eigenvalue weighted by Gasteiger charge is 2.15. The van der Waals surface area contributed by atoms with Crippen LogP contribution < -0.4 is 14.6 Å². The van der Waals surface area contributed by atoms with Crippen molar-refractivity contribution in [2.24, 2.45) is 17.0 Å². The van der Waals surface area contributed by atoms with E-state index in [1.165, 1.54) is 17.5 Å². The zero-order valence-electron chi connectivity index (χ0n) is 17.5. The second-order valence-corrected chi connectivity index (χ2v) is 7.69. The summed E-state index contributed by atoms with van der Waals surface area (Å²) >= 11 is 0. The molecule has 0 aliphatic carbocycles. The molecule has 0 aliphatic rings. The highest BCUT2D eigenvalue weighted by Crippen LogP contribution is 2.25. The third-order valence-electron chi connectivity index (χ3n) is 4.67. The molecule has 160 valence electrons. The minimum Gasteiger partial charge on any atom is -0.497 e. The maximum absolute atomic E-state index is 8.81. The second kappa shape index (κ2) is 13.8. The molecular weight excluding hydrogens is 386 g/mol. The number of rotatable bonds is 10. The lowest BCUT2D eigenvalue weighted by Gasteiger charge is -2.21. The first-order valence-corrected chi connectivity index (χ1v) is 10.9. The van der Waals surface area contributed by atoms with Crippen LogP contribution in [0.15, 0.2) is 61.2 Å². The molecule has 0 amide bonds. The number of ether oxygens (including phenoxy) is 2. The molecule has 0 spiro atoms. The summed E-state index contributed by atoms with van der Waals surface area (Å²) in [5, 5.41) is 4.06. The summed E-state index contributed by atoms with van der Waals surface area (Å²) in [6.07, 6.45) is 6.46. The Morgan fingerprint density at radius 3 is 1.62 bits per heavy atom. The molecule has 2 aromatic carbocycles. The maximum atomic E-state index is 8.81. The zero-order valence-corrected chi connectivity index (χ0v) is 18.4. The van der Waals surface area contributed by atoms with Crippen LogP contribution in [0.2, 0.25) is 0 Å². The fourth-order valence-corrected chi connectivity index (χ4v) is 3.38. The normalized spacial score (nSPS) is 11.5. The third kappa shape index (κ3) is 10.7. The number of methoxy groups -OCH3 is 2. The quantitative estimate of drug-likeness (QED) is 0.447. The third-order valence-corrected chi connectivity index (χ3v) is 4.67. The Morgan fingerprint density at radius 1 is 0.931 bits per heavy atom. The Labute approximate surface area is 176 Å². The molecule has 0 radical (unpaired) electrons. The van der Waals surface area contributed by atoms with E-state index in [0.29, 0.717) is 11.8 Å². The van der Waals surface area contributed by atoms with Gasteiger partial charge < -0.3 is 9.47 Å². The standard InChI is InChI=1S/C23H30O2.H3NO2S/c1-5-6-18(2)15-21(16-19-7-11-22(24-3)12-8-19)17-20-9-13-23(25-4)14-10-20;1-4(2)3/h5,7-14,18,21H,1,6,15-17H2,2-4H3;4H,(H2,1,2,3). The van der Waals surface area contributed by atoms with Crippen molar-refractivity contribution in [3.63, 3.8) is 0 Å². The van der Waals surface area contributed by atoms with Crippen LogP contribution in [0, 0.1) is 11.8 Å². The van der Waals surface area contributed by atoms with E-state index < -0.39 is 10.9 Å². The number of hydrogen-bond acceptors (Lipinski definition) is 4. The molecule has 0 saturated carbocycles. The molecule has 2 rings (SSSR count). The predicted octanol–water partition coefficient (Wildman–Crippen LogP) is 4.18. The molecular formula is C23H33NO4S. The second-order valence-electron chi connectivity index (χ2n) is 7.12. The van der Waals surface area contributed by atoms with Gasteiger partial charge in [-0.1, -0.05) is 37.3 Å². The van der Waals surface area contributed by atoms with Gasteiger partial charge in [0.15, 0.2) is 10.9 Å². The van der Waals surface area contributed by atoms with Gasteiger partial charge in [0.1, 0.15) is 11.5 Å². The van der Waals surface area contributed by atoms with E-state index in [1.54, 1.807) is 14.2 Å². The van der Waals surface area contributed by atoms with Gasteiger partial charge in [-0.3, -0.25) is 0 Å². The van der Waals surface area contributed by atoms with Gasteiger partial charge in [-0.15, -0.1) is 6.58 Å². The maximum Gasteiger partial charge on any atom is 0.198 e. The van der Waals surface area contributed by atoms with Gasteiger partial charge in [0, 0.05) is 0 Å². The molecule has 0 heterocycles. The Morgan fingerprint density at radius 2 is 1.31 bits per heavy atom.